The molecule has 0 saturated carbocycles. The largest absolute Gasteiger partial charge is 0.506 e. The molecule has 12 heavy (non-hydrogen) atoms. The van der Waals surface area contributed by atoms with Crippen molar-refractivity contribution in [3.63, 3.8) is 0 Å². The summed E-state index contributed by atoms with van der Waals surface area (Å²) in [4.78, 5) is 0.638. The second-order valence-electron chi connectivity index (χ2n) is 2.95. The summed E-state index contributed by atoms with van der Waals surface area (Å²) in [5.74, 6) is 0.659. The van der Waals surface area contributed by atoms with Crippen LogP contribution >= 0.6 is 12.6 Å². The van der Waals surface area contributed by atoms with Crippen molar-refractivity contribution in [1.29, 1.82) is 0 Å². The second kappa shape index (κ2) is 2.99. The van der Waals surface area contributed by atoms with E-state index < -0.39 is 0 Å². The normalized spacial score (nSPS) is 17.4. The zero-order valence-electron chi connectivity index (χ0n) is 6.53. The van der Waals surface area contributed by atoms with Crippen molar-refractivity contribution in [1.82, 2.24) is 0 Å². The van der Waals surface area contributed by atoms with Crippen LogP contribution in [0.5, 0.6) is 5.75 Å². The quantitative estimate of drug-likeness (QED) is 0.648. The van der Waals surface area contributed by atoms with Gasteiger partial charge in [-0.25, -0.2) is 0 Å². The van der Waals surface area contributed by atoms with Gasteiger partial charge in [0, 0.05) is 16.4 Å². The third kappa shape index (κ3) is 1.19. The van der Waals surface area contributed by atoms with Crippen LogP contribution in [-0.2, 0) is 4.74 Å². The lowest BCUT2D eigenvalue weighted by atomic mass is 9.97. The molecule has 1 saturated heterocycles. The van der Waals surface area contributed by atoms with Crippen LogP contribution in [0.1, 0.15) is 11.5 Å². The van der Waals surface area contributed by atoms with E-state index >= 15 is 0 Å². The SMILES string of the molecule is Oc1c(S)cccc1C1COC1. The number of ether oxygens (including phenoxy) is 1. The number of phenols is 1. The number of phenolic OH excluding ortho intramolecular Hbond substituents is 1. The van der Waals surface area contributed by atoms with E-state index in [0.29, 0.717) is 29.8 Å². The van der Waals surface area contributed by atoms with Gasteiger partial charge in [0.05, 0.1) is 13.2 Å². The van der Waals surface area contributed by atoms with E-state index in [1.807, 2.05) is 12.1 Å². The highest BCUT2D eigenvalue weighted by Crippen LogP contribution is 2.34. The van der Waals surface area contributed by atoms with Crippen LogP contribution in [0.3, 0.4) is 0 Å². The summed E-state index contributed by atoms with van der Waals surface area (Å²) in [6, 6.07) is 5.60. The smallest absolute Gasteiger partial charge is 0.132 e. The standard InChI is InChI=1S/C9H10O2S/c10-9-7(6-4-11-5-6)2-1-3-8(9)12/h1-3,6,10,12H,4-5H2. The number of thiol groups is 1. The summed E-state index contributed by atoms with van der Waals surface area (Å²) in [7, 11) is 0. The fraction of sp³-hybridized carbons (Fsp3) is 0.333. The first-order chi connectivity index (χ1) is 5.79. The summed E-state index contributed by atoms with van der Waals surface area (Å²) in [6.45, 7) is 1.43. The summed E-state index contributed by atoms with van der Waals surface area (Å²) in [5.41, 5.74) is 0.953. The van der Waals surface area contributed by atoms with Crippen molar-refractivity contribution in [2.24, 2.45) is 0 Å². The third-order valence-electron chi connectivity index (χ3n) is 2.12. The van der Waals surface area contributed by atoms with Crippen LogP contribution in [0.25, 0.3) is 0 Å². The molecule has 0 bridgehead atoms. The molecule has 0 amide bonds. The summed E-state index contributed by atoms with van der Waals surface area (Å²) >= 11 is 4.13. The average molecular weight is 182 g/mol. The van der Waals surface area contributed by atoms with Gasteiger partial charge >= 0.3 is 0 Å². The van der Waals surface area contributed by atoms with Crippen molar-refractivity contribution in [3.05, 3.63) is 23.8 Å². The Balaban J connectivity index is 2.36. The molecule has 1 aromatic rings. The van der Waals surface area contributed by atoms with Crippen LogP contribution in [0.2, 0.25) is 0 Å². The van der Waals surface area contributed by atoms with E-state index in [-0.39, 0.29) is 0 Å². The van der Waals surface area contributed by atoms with Crippen molar-refractivity contribution in [3.8, 4) is 5.75 Å². The molecule has 0 spiro atoms. The van der Waals surface area contributed by atoms with Crippen molar-refractivity contribution >= 4 is 12.6 Å². The van der Waals surface area contributed by atoms with Gasteiger partial charge in [-0.15, -0.1) is 12.6 Å². The minimum Gasteiger partial charge on any atom is -0.506 e. The lowest BCUT2D eigenvalue weighted by Gasteiger charge is -2.27. The first-order valence-corrected chi connectivity index (χ1v) is 4.32. The van der Waals surface area contributed by atoms with Gasteiger partial charge in [0.15, 0.2) is 0 Å². The molecule has 2 rings (SSSR count). The highest BCUT2D eigenvalue weighted by molar-refractivity contribution is 7.80. The molecule has 0 radical (unpaired) electrons. The number of hydrogen-bond donors (Lipinski definition) is 2. The average Bonchev–Trinajstić information content (AvgIpc) is 1.95. The molecule has 1 N–H and O–H groups in total. The first-order valence-electron chi connectivity index (χ1n) is 3.87. The Kier molecular flexibility index (Phi) is 1.98. The first kappa shape index (κ1) is 7.95. The number of para-hydroxylation sites is 1. The maximum Gasteiger partial charge on any atom is 0.132 e. The summed E-state index contributed by atoms with van der Waals surface area (Å²) in [6.07, 6.45) is 0. The fourth-order valence-electron chi connectivity index (χ4n) is 1.29. The number of hydrogen-bond acceptors (Lipinski definition) is 3. The Hall–Kier alpha value is -0.670. The van der Waals surface area contributed by atoms with Crippen molar-refractivity contribution < 1.29 is 9.84 Å². The van der Waals surface area contributed by atoms with E-state index in [1.165, 1.54) is 0 Å². The van der Waals surface area contributed by atoms with Gasteiger partial charge in [-0.05, 0) is 6.07 Å². The number of benzene rings is 1. The third-order valence-corrected chi connectivity index (χ3v) is 2.48. The Morgan fingerprint density at radius 2 is 2.17 bits per heavy atom. The predicted octanol–water partition coefficient (Wildman–Crippen LogP) is 1.79. The molecule has 1 aliphatic rings. The summed E-state index contributed by atoms with van der Waals surface area (Å²) in [5, 5.41) is 9.60. The Bertz CT molecular complexity index is 295. The maximum atomic E-state index is 9.60. The van der Waals surface area contributed by atoms with Crippen LogP contribution in [0.4, 0.5) is 0 Å². The fourth-order valence-corrected chi connectivity index (χ4v) is 1.51. The second-order valence-corrected chi connectivity index (χ2v) is 3.43. The topological polar surface area (TPSA) is 29.5 Å². The minimum absolute atomic E-state index is 0.300. The van der Waals surface area contributed by atoms with Gasteiger partial charge in [0.1, 0.15) is 5.75 Å². The van der Waals surface area contributed by atoms with E-state index in [2.05, 4.69) is 12.6 Å². The zero-order chi connectivity index (χ0) is 8.55. The molecular formula is C9H10O2S. The lowest BCUT2D eigenvalue weighted by Crippen LogP contribution is -2.25. The molecule has 0 unspecified atom stereocenters. The maximum absolute atomic E-state index is 9.60. The van der Waals surface area contributed by atoms with Gasteiger partial charge in [0.25, 0.3) is 0 Å². The Labute approximate surface area is 76.6 Å². The van der Waals surface area contributed by atoms with Gasteiger partial charge in [0.2, 0.25) is 0 Å². The molecule has 2 nitrogen and oxygen atoms in total. The lowest BCUT2D eigenvalue weighted by molar-refractivity contribution is 0.00740. The number of aromatic hydroxyl groups is 1. The molecule has 64 valence electrons. The highest BCUT2D eigenvalue weighted by atomic mass is 32.1. The van der Waals surface area contributed by atoms with E-state index in [0.717, 1.165) is 5.56 Å². The highest BCUT2D eigenvalue weighted by Gasteiger charge is 2.23. The van der Waals surface area contributed by atoms with Gasteiger partial charge in [-0.3, -0.25) is 0 Å². The Morgan fingerprint density at radius 1 is 1.42 bits per heavy atom. The van der Waals surface area contributed by atoms with Gasteiger partial charge in [-0.2, -0.15) is 0 Å². The molecule has 3 heteroatoms. The van der Waals surface area contributed by atoms with E-state index in [1.54, 1.807) is 6.07 Å². The Morgan fingerprint density at radius 3 is 2.75 bits per heavy atom. The van der Waals surface area contributed by atoms with E-state index in [9.17, 15) is 5.11 Å². The molecule has 1 heterocycles. The number of rotatable bonds is 1. The molecule has 0 atom stereocenters. The van der Waals surface area contributed by atoms with Gasteiger partial charge in [-0.1, -0.05) is 12.1 Å². The molecule has 0 aliphatic carbocycles. The van der Waals surface area contributed by atoms with E-state index in [4.69, 9.17) is 4.74 Å². The van der Waals surface area contributed by atoms with Crippen molar-refractivity contribution in [2.45, 2.75) is 10.8 Å². The molecule has 1 fully saturated rings. The zero-order valence-corrected chi connectivity index (χ0v) is 7.42. The molecular weight excluding hydrogens is 172 g/mol. The van der Waals surface area contributed by atoms with Crippen LogP contribution in [0, 0.1) is 0 Å². The monoisotopic (exact) mass is 182 g/mol. The minimum atomic E-state index is 0.300. The molecule has 0 aromatic heterocycles. The van der Waals surface area contributed by atoms with Crippen LogP contribution in [0.15, 0.2) is 23.1 Å². The van der Waals surface area contributed by atoms with Crippen molar-refractivity contribution in [2.75, 3.05) is 13.2 Å². The van der Waals surface area contributed by atoms with Gasteiger partial charge < -0.3 is 9.84 Å². The van der Waals surface area contributed by atoms with Crippen LogP contribution in [-0.4, -0.2) is 18.3 Å². The predicted molar refractivity (Wildman–Crippen MR) is 48.9 cm³/mol. The molecule has 1 aliphatic heterocycles. The van der Waals surface area contributed by atoms with Crippen LogP contribution < -0.4 is 0 Å². The molecule has 1 aromatic carbocycles. The summed E-state index contributed by atoms with van der Waals surface area (Å²) < 4.78 is 5.05.